The van der Waals surface area contributed by atoms with Crippen LogP contribution in [0.5, 0.6) is 0 Å². The Labute approximate surface area is 98.9 Å². The van der Waals surface area contributed by atoms with Gasteiger partial charge in [0.1, 0.15) is 5.76 Å². The van der Waals surface area contributed by atoms with Crippen molar-refractivity contribution in [1.29, 1.82) is 0 Å². The molecule has 0 bridgehead atoms. The molecular formula is C13H13NO3. The normalized spacial score (nSPS) is 10.4. The summed E-state index contributed by atoms with van der Waals surface area (Å²) in [4.78, 5) is 14.7. The van der Waals surface area contributed by atoms with Crippen LogP contribution in [-0.4, -0.2) is 16.1 Å². The van der Waals surface area contributed by atoms with Crippen molar-refractivity contribution in [3.8, 4) is 0 Å². The molecule has 0 atom stereocenters. The summed E-state index contributed by atoms with van der Waals surface area (Å²) < 4.78 is 5.31. The topological polar surface area (TPSA) is 63.3 Å². The molecule has 4 nitrogen and oxygen atoms in total. The highest BCUT2D eigenvalue weighted by Crippen LogP contribution is 2.12. The van der Waals surface area contributed by atoms with Gasteiger partial charge in [0, 0.05) is 6.42 Å². The number of carbonyl (C=O) groups is 1. The van der Waals surface area contributed by atoms with Gasteiger partial charge in [0.2, 0.25) is 0 Å². The molecule has 0 aliphatic heterocycles. The molecule has 0 saturated carbocycles. The predicted octanol–water partition coefficient (Wildman–Crippen LogP) is 2.47. The number of nitrogens with zero attached hydrogens (tertiary/aromatic N) is 1. The van der Waals surface area contributed by atoms with Crippen LogP contribution in [0.15, 0.2) is 34.7 Å². The van der Waals surface area contributed by atoms with Crippen LogP contribution in [0.4, 0.5) is 0 Å². The quantitative estimate of drug-likeness (QED) is 0.877. The Kier molecular flexibility index (Phi) is 3.23. The van der Waals surface area contributed by atoms with Gasteiger partial charge in [-0.3, -0.25) is 0 Å². The lowest BCUT2D eigenvalue weighted by Crippen LogP contribution is -1.99. The summed E-state index contributed by atoms with van der Waals surface area (Å²) in [5.41, 5.74) is 1.19. The molecule has 1 heterocycles. The second-order valence-corrected chi connectivity index (χ2v) is 3.80. The Morgan fingerprint density at radius 1 is 1.29 bits per heavy atom. The van der Waals surface area contributed by atoms with E-state index in [1.807, 2.05) is 30.3 Å². The lowest BCUT2D eigenvalue weighted by atomic mass is 10.1. The minimum absolute atomic E-state index is 0.00746. The molecule has 0 radical (unpaired) electrons. The van der Waals surface area contributed by atoms with E-state index in [9.17, 15) is 4.79 Å². The van der Waals surface area contributed by atoms with Crippen molar-refractivity contribution in [2.75, 3.05) is 0 Å². The highest BCUT2D eigenvalue weighted by Gasteiger charge is 2.15. The largest absolute Gasteiger partial charge is 0.476 e. The Hall–Kier alpha value is -2.10. The summed E-state index contributed by atoms with van der Waals surface area (Å²) in [6.45, 7) is 1.61. The van der Waals surface area contributed by atoms with Crippen molar-refractivity contribution in [3.63, 3.8) is 0 Å². The summed E-state index contributed by atoms with van der Waals surface area (Å²) in [5.74, 6) is -0.207. The van der Waals surface area contributed by atoms with Gasteiger partial charge in [0.15, 0.2) is 11.6 Å². The number of aromatic nitrogens is 1. The Balaban J connectivity index is 2.05. The summed E-state index contributed by atoms with van der Waals surface area (Å²) in [6.07, 6.45) is 1.40. The third kappa shape index (κ3) is 2.72. The van der Waals surface area contributed by atoms with E-state index in [2.05, 4.69) is 4.98 Å². The summed E-state index contributed by atoms with van der Waals surface area (Å²) >= 11 is 0. The molecule has 2 aromatic rings. The molecule has 4 heteroatoms. The Morgan fingerprint density at radius 2 is 2.00 bits per heavy atom. The first-order valence-electron chi connectivity index (χ1n) is 5.40. The number of oxazole rings is 1. The average Bonchev–Trinajstić information content (AvgIpc) is 2.69. The lowest BCUT2D eigenvalue weighted by molar-refractivity contribution is 0.0689. The molecule has 0 saturated heterocycles. The zero-order valence-corrected chi connectivity index (χ0v) is 9.51. The van der Waals surface area contributed by atoms with Crippen LogP contribution in [0.25, 0.3) is 0 Å². The van der Waals surface area contributed by atoms with Crippen molar-refractivity contribution in [1.82, 2.24) is 4.98 Å². The van der Waals surface area contributed by atoms with Crippen molar-refractivity contribution in [2.45, 2.75) is 19.8 Å². The number of hydrogen-bond donors (Lipinski definition) is 1. The van der Waals surface area contributed by atoms with E-state index in [-0.39, 0.29) is 5.69 Å². The molecule has 0 spiro atoms. The molecule has 1 aromatic heterocycles. The summed E-state index contributed by atoms with van der Waals surface area (Å²) in [7, 11) is 0. The standard InChI is InChI=1S/C13H13NO3/c1-9-12(13(15)16)14-11(17-9)8-7-10-5-3-2-4-6-10/h2-6H,7-8H2,1H3,(H,15,16). The van der Waals surface area contributed by atoms with Gasteiger partial charge in [-0.15, -0.1) is 0 Å². The summed E-state index contributed by atoms with van der Waals surface area (Å²) in [6, 6.07) is 9.95. The van der Waals surface area contributed by atoms with Crippen LogP contribution >= 0.6 is 0 Å². The van der Waals surface area contributed by atoms with Gasteiger partial charge in [-0.05, 0) is 18.9 Å². The van der Waals surface area contributed by atoms with E-state index in [0.29, 0.717) is 18.1 Å². The second kappa shape index (κ2) is 4.82. The Bertz CT molecular complexity index is 517. The number of carboxylic acids is 1. The van der Waals surface area contributed by atoms with Gasteiger partial charge >= 0.3 is 5.97 Å². The zero-order chi connectivity index (χ0) is 12.3. The third-order valence-corrected chi connectivity index (χ3v) is 2.51. The van der Waals surface area contributed by atoms with Crippen molar-refractivity contribution in [2.24, 2.45) is 0 Å². The fraction of sp³-hybridized carbons (Fsp3) is 0.231. The molecule has 1 aromatic carbocycles. The van der Waals surface area contributed by atoms with E-state index >= 15 is 0 Å². The highest BCUT2D eigenvalue weighted by molar-refractivity contribution is 5.86. The molecule has 88 valence electrons. The van der Waals surface area contributed by atoms with Crippen LogP contribution in [0.2, 0.25) is 0 Å². The van der Waals surface area contributed by atoms with Crippen LogP contribution in [-0.2, 0) is 12.8 Å². The van der Waals surface area contributed by atoms with Gasteiger partial charge in [-0.25, -0.2) is 9.78 Å². The molecule has 0 aliphatic carbocycles. The molecule has 1 N–H and O–H groups in total. The first kappa shape index (κ1) is 11.4. The molecule has 0 amide bonds. The molecule has 0 aliphatic rings. The maximum atomic E-state index is 10.8. The zero-order valence-electron chi connectivity index (χ0n) is 9.51. The van der Waals surface area contributed by atoms with E-state index in [1.54, 1.807) is 6.92 Å². The average molecular weight is 231 g/mol. The van der Waals surface area contributed by atoms with Gasteiger partial charge in [0.05, 0.1) is 0 Å². The van der Waals surface area contributed by atoms with Gasteiger partial charge < -0.3 is 9.52 Å². The van der Waals surface area contributed by atoms with E-state index < -0.39 is 5.97 Å². The predicted molar refractivity (Wildman–Crippen MR) is 62.0 cm³/mol. The van der Waals surface area contributed by atoms with Crippen LogP contribution in [0, 0.1) is 6.92 Å². The number of rotatable bonds is 4. The fourth-order valence-electron chi connectivity index (χ4n) is 1.65. The Morgan fingerprint density at radius 3 is 2.59 bits per heavy atom. The monoisotopic (exact) mass is 231 g/mol. The number of aromatic carboxylic acids is 1. The first-order chi connectivity index (χ1) is 8.16. The maximum Gasteiger partial charge on any atom is 0.358 e. The minimum atomic E-state index is -1.04. The smallest absolute Gasteiger partial charge is 0.358 e. The molecule has 2 rings (SSSR count). The highest BCUT2D eigenvalue weighted by atomic mass is 16.4. The third-order valence-electron chi connectivity index (χ3n) is 2.51. The number of carboxylic acid groups (broad SMARTS) is 1. The SMILES string of the molecule is Cc1oc(CCc2ccccc2)nc1C(=O)O. The second-order valence-electron chi connectivity index (χ2n) is 3.80. The lowest BCUT2D eigenvalue weighted by Gasteiger charge is -1.97. The molecule has 0 fully saturated rings. The number of aryl methyl sites for hydroxylation is 3. The van der Waals surface area contributed by atoms with Crippen LogP contribution in [0.1, 0.15) is 27.7 Å². The maximum absolute atomic E-state index is 10.8. The van der Waals surface area contributed by atoms with Gasteiger partial charge in [-0.1, -0.05) is 30.3 Å². The minimum Gasteiger partial charge on any atom is -0.476 e. The van der Waals surface area contributed by atoms with E-state index in [4.69, 9.17) is 9.52 Å². The summed E-state index contributed by atoms with van der Waals surface area (Å²) in [5, 5.41) is 8.84. The fourth-order valence-corrected chi connectivity index (χ4v) is 1.65. The van der Waals surface area contributed by atoms with Crippen molar-refractivity contribution in [3.05, 3.63) is 53.2 Å². The molecule has 17 heavy (non-hydrogen) atoms. The van der Waals surface area contributed by atoms with Crippen LogP contribution in [0.3, 0.4) is 0 Å². The van der Waals surface area contributed by atoms with Crippen molar-refractivity contribution >= 4 is 5.97 Å². The van der Waals surface area contributed by atoms with E-state index in [0.717, 1.165) is 6.42 Å². The first-order valence-corrected chi connectivity index (χ1v) is 5.40. The van der Waals surface area contributed by atoms with Gasteiger partial charge in [0.25, 0.3) is 0 Å². The van der Waals surface area contributed by atoms with Crippen molar-refractivity contribution < 1.29 is 14.3 Å². The molecular weight excluding hydrogens is 218 g/mol. The number of benzene rings is 1. The van der Waals surface area contributed by atoms with Crippen LogP contribution < -0.4 is 0 Å². The molecule has 0 unspecified atom stereocenters. The number of hydrogen-bond acceptors (Lipinski definition) is 3. The van der Waals surface area contributed by atoms with Gasteiger partial charge in [-0.2, -0.15) is 0 Å². The van der Waals surface area contributed by atoms with E-state index in [1.165, 1.54) is 5.56 Å².